The Balaban J connectivity index is 2.39. The molecule has 0 fully saturated rings. The van der Waals surface area contributed by atoms with Crippen molar-refractivity contribution in [2.45, 2.75) is 19.1 Å². The lowest BCUT2D eigenvalue weighted by Gasteiger charge is -2.16. The standard InChI is InChI=1S/C12H11F4N3S/c1-2-18-10(7-3-4-17-5-8(7)13)9-6-19-11(20-9)12(14,15)16/h3-6,10,18H,2H2,1H3. The number of pyridine rings is 1. The van der Waals surface area contributed by atoms with Crippen LogP contribution in [0.15, 0.2) is 24.7 Å². The molecule has 0 radical (unpaired) electrons. The maximum atomic E-state index is 13.7. The van der Waals surface area contributed by atoms with Crippen LogP contribution in [0.2, 0.25) is 0 Å². The Bertz CT molecular complexity index is 582. The van der Waals surface area contributed by atoms with Crippen LogP contribution >= 0.6 is 11.3 Å². The molecule has 0 aliphatic carbocycles. The van der Waals surface area contributed by atoms with Gasteiger partial charge in [-0.3, -0.25) is 4.98 Å². The van der Waals surface area contributed by atoms with Gasteiger partial charge < -0.3 is 5.32 Å². The molecule has 1 unspecified atom stereocenters. The minimum atomic E-state index is -4.49. The summed E-state index contributed by atoms with van der Waals surface area (Å²) in [6, 6.07) is 0.770. The fraction of sp³-hybridized carbons (Fsp3) is 0.333. The molecule has 0 aliphatic rings. The molecule has 3 nitrogen and oxygen atoms in total. The van der Waals surface area contributed by atoms with E-state index in [2.05, 4.69) is 15.3 Å². The summed E-state index contributed by atoms with van der Waals surface area (Å²) in [5, 5.41) is 2.02. The number of nitrogens with zero attached hydrogens (tertiary/aromatic N) is 2. The van der Waals surface area contributed by atoms with Crippen molar-refractivity contribution in [2.24, 2.45) is 0 Å². The molecule has 1 atom stereocenters. The van der Waals surface area contributed by atoms with Gasteiger partial charge in [0, 0.05) is 22.8 Å². The summed E-state index contributed by atoms with van der Waals surface area (Å²) in [6.45, 7) is 2.27. The second-order valence-corrected chi connectivity index (χ2v) is 5.02. The van der Waals surface area contributed by atoms with Gasteiger partial charge in [-0.05, 0) is 12.6 Å². The Morgan fingerprint density at radius 3 is 2.65 bits per heavy atom. The van der Waals surface area contributed by atoms with E-state index < -0.39 is 23.0 Å². The second-order valence-electron chi connectivity index (χ2n) is 3.95. The third-order valence-corrected chi connectivity index (χ3v) is 3.68. The highest BCUT2D eigenvalue weighted by Gasteiger charge is 2.35. The Hall–Kier alpha value is -1.54. The lowest BCUT2D eigenvalue weighted by molar-refractivity contribution is -0.137. The van der Waals surface area contributed by atoms with E-state index in [0.29, 0.717) is 22.8 Å². The molecule has 8 heteroatoms. The first-order chi connectivity index (χ1) is 9.43. The van der Waals surface area contributed by atoms with Crippen molar-refractivity contribution in [3.05, 3.63) is 45.9 Å². The molecule has 2 aromatic rings. The molecule has 2 aromatic heterocycles. The second kappa shape index (κ2) is 5.84. The van der Waals surface area contributed by atoms with E-state index in [0.717, 1.165) is 12.4 Å². The summed E-state index contributed by atoms with van der Waals surface area (Å²) < 4.78 is 51.5. The average molecular weight is 305 g/mol. The van der Waals surface area contributed by atoms with Crippen LogP contribution in [0.1, 0.15) is 28.4 Å². The molecule has 2 rings (SSSR count). The van der Waals surface area contributed by atoms with Crippen LogP contribution in [0.25, 0.3) is 0 Å². The zero-order chi connectivity index (χ0) is 14.8. The van der Waals surface area contributed by atoms with Gasteiger partial charge in [0.2, 0.25) is 0 Å². The molecule has 1 N–H and O–H groups in total. The molecule has 108 valence electrons. The molecular formula is C12H11F4N3S. The third kappa shape index (κ3) is 3.13. The number of halogens is 4. The molecule has 0 aromatic carbocycles. The molecule has 20 heavy (non-hydrogen) atoms. The minimum Gasteiger partial charge on any atom is -0.306 e. The van der Waals surface area contributed by atoms with Gasteiger partial charge in [-0.2, -0.15) is 13.2 Å². The fourth-order valence-electron chi connectivity index (χ4n) is 1.74. The maximum absolute atomic E-state index is 13.7. The number of hydrogen-bond donors (Lipinski definition) is 1. The van der Waals surface area contributed by atoms with Gasteiger partial charge in [0.05, 0.1) is 12.2 Å². The zero-order valence-electron chi connectivity index (χ0n) is 10.4. The van der Waals surface area contributed by atoms with Crippen molar-refractivity contribution in [3.8, 4) is 0 Å². The minimum absolute atomic E-state index is 0.249. The van der Waals surface area contributed by atoms with Gasteiger partial charge in [0.1, 0.15) is 5.82 Å². The predicted octanol–water partition coefficient (Wildman–Crippen LogP) is 3.39. The van der Waals surface area contributed by atoms with Crippen molar-refractivity contribution >= 4 is 11.3 Å². The van der Waals surface area contributed by atoms with Crippen LogP contribution in [0.5, 0.6) is 0 Å². The van der Waals surface area contributed by atoms with Crippen LogP contribution in [-0.2, 0) is 6.18 Å². The molecule has 0 saturated heterocycles. The zero-order valence-corrected chi connectivity index (χ0v) is 11.2. The molecule has 0 spiro atoms. The maximum Gasteiger partial charge on any atom is 0.443 e. The number of nitrogens with one attached hydrogen (secondary N) is 1. The van der Waals surface area contributed by atoms with E-state index in [1.54, 1.807) is 6.92 Å². The van der Waals surface area contributed by atoms with Gasteiger partial charge >= 0.3 is 6.18 Å². The molecular weight excluding hydrogens is 294 g/mol. The lowest BCUT2D eigenvalue weighted by atomic mass is 10.1. The highest BCUT2D eigenvalue weighted by molar-refractivity contribution is 7.11. The van der Waals surface area contributed by atoms with Gasteiger partial charge in [0.25, 0.3) is 0 Å². The molecule has 2 heterocycles. The summed E-state index contributed by atoms with van der Waals surface area (Å²) >= 11 is 0.506. The molecule has 0 saturated carbocycles. The fourth-order valence-corrected chi connectivity index (χ4v) is 2.62. The van der Waals surface area contributed by atoms with Crippen LogP contribution in [-0.4, -0.2) is 16.5 Å². The summed E-state index contributed by atoms with van der Waals surface area (Å²) in [4.78, 5) is 7.30. The predicted molar refractivity (Wildman–Crippen MR) is 66.8 cm³/mol. The third-order valence-electron chi connectivity index (χ3n) is 2.57. The summed E-state index contributed by atoms with van der Waals surface area (Å²) in [5.74, 6) is -0.569. The summed E-state index contributed by atoms with van der Waals surface area (Å²) in [7, 11) is 0. The van der Waals surface area contributed by atoms with Crippen molar-refractivity contribution < 1.29 is 17.6 Å². The van der Waals surface area contributed by atoms with Gasteiger partial charge in [-0.25, -0.2) is 9.37 Å². The van der Waals surface area contributed by atoms with Crippen LogP contribution in [0, 0.1) is 5.82 Å². The lowest BCUT2D eigenvalue weighted by Crippen LogP contribution is -2.22. The highest BCUT2D eigenvalue weighted by atomic mass is 32.1. The summed E-state index contributed by atoms with van der Waals surface area (Å²) in [6.07, 6.45) is -0.934. The van der Waals surface area contributed by atoms with Crippen molar-refractivity contribution in [1.29, 1.82) is 0 Å². The normalized spacial score (nSPS) is 13.4. The number of thiazole rings is 1. The number of aromatic nitrogens is 2. The van der Waals surface area contributed by atoms with E-state index in [-0.39, 0.29) is 5.56 Å². The van der Waals surface area contributed by atoms with E-state index in [1.165, 1.54) is 12.3 Å². The topological polar surface area (TPSA) is 37.8 Å². The van der Waals surface area contributed by atoms with E-state index in [9.17, 15) is 17.6 Å². The Morgan fingerprint density at radius 1 is 1.35 bits per heavy atom. The largest absolute Gasteiger partial charge is 0.443 e. The first-order valence-electron chi connectivity index (χ1n) is 5.79. The quantitative estimate of drug-likeness (QED) is 0.880. The number of rotatable bonds is 4. The SMILES string of the molecule is CCNC(c1cnc(C(F)(F)F)s1)c1ccncc1F. The first-order valence-corrected chi connectivity index (χ1v) is 6.60. The van der Waals surface area contributed by atoms with E-state index in [1.807, 2.05) is 0 Å². The van der Waals surface area contributed by atoms with Gasteiger partial charge in [-0.1, -0.05) is 6.92 Å². The van der Waals surface area contributed by atoms with Crippen LogP contribution in [0.4, 0.5) is 17.6 Å². The summed E-state index contributed by atoms with van der Waals surface area (Å²) in [5.41, 5.74) is 0.249. The van der Waals surface area contributed by atoms with Crippen LogP contribution in [0.3, 0.4) is 0 Å². The van der Waals surface area contributed by atoms with Crippen molar-refractivity contribution in [1.82, 2.24) is 15.3 Å². The molecule has 0 aliphatic heterocycles. The highest BCUT2D eigenvalue weighted by Crippen LogP contribution is 2.36. The van der Waals surface area contributed by atoms with Crippen molar-refractivity contribution in [2.75, 3.05) is 6.54 Å². The molecule has 0 amide bonds. The van der Waals surface area contributed by atoms with Crippen molar-refractivity contribution in [3.63, 3.8) is 0 Å². The Labute approximate surface area is 116 Å². The van der Waals surface area contributed by atoms with Crippen LogP contribution < -0.4 is 5.32 Å². The van der Waals surface area contributed by atoms with E-state index >= 15 is 0 Å². The monoisotopic (exact) mass is 305 g/mol. The van der Waals surface area contributed by atoms with Gasteiger partial charge in [-0.15, -0.1) is 11.3 Å². The van der Waals surface area contributed by atoms with Gasteiger partial charge in [0.15, 0.2) is 5.01 Å². The Kier molecular flexibility index (Phi) is 4.34. The van der Waals surface area contributed by atoms with E-state index in [4.69, 9.17) is 0 Å². The smallest absolute Gasteiger partial charge is 0.306 e. The average Bonchev–Trinajstić information content (AvgIpc) is 2.86. The number of alkyl halides is 3. The first kappa shape index (κ1) is 14.9. The number of hydrogen-bond acceptors (Lipinski definition) is 4. The Morgan fingerprint density at radius 2 is 2.10 bits per heavy atom. The molecule has 0 bridgehead atoms.